The maximum Gasteiger partial charge on any atom is 0.118 e. The minimum absolute atomic E-state index is 0.320. The normalized spacial score (nSPS) is 14.4. The van der Waals surface area contributed by atoms with Crippen LogP contribution in [0, 0.1) is 0 Å². The van der Waals surface area contributed by atoms with E-state index in [9.17, 15) is 0 Å². The van der Waals surface area contributed by atoms with Crippen LogP contribution >= 0.6 is 0 Å². The Labute approximate surface area is 104 Å². The molecule has 1 aromatic rings. The van der Waals surface area contributed by atoms with Crippen molar-refractivity contribution in [1.29, 1.82) is 0 Å². The second-order valence-corrected chi connectivity index (χ2v) is 4.22. The highest BCUT2D eigenvalue weighted by atomic mass is 16.5. The van der Waals surface area contributed by atoms with Crippen molar-refractivity contribution in [1.82, 2.24) is 5.32 Å². The lowest BCUT2D eigenvalue weighted by Gasteiger charge is -2.22. The van der Waals surface area contributed by atoms with Gasteiger partial charge in [-0.1, -0.05) is 19.1 Å². The van der Waals surface area contributed by atoms with Gasteiger partial charge in [-0.2, -0.15) is 0 Å². The molecule has 1 N–H and O–H groups in total. The van der Waals surface area contributed by atoms with Crippen LogP contribution in [0.5, 0.6) is 5.75 Å². The van der Waals surface area contributed by atoms with Crippen LogP contribution in [-0.2, 0) is 4.74 Å². The van der Waals surface area contributed by atoms with E-state index in [1.807, 2.05) is 12.1 Å². The highest BCUT2D eigenvalue weighted by molar-refractivity contribution is 5.28. The summed E-state index contributed by atoms with van der Waals surface area (Å²) >= 11 is 0. The quantitative estimate of drug-likeness (QED) is 0.791. The summed E-state index contributed by atoms with van der Waals surface area (Å²) in [6.07, 6.45) is 1.06. The van der Waals surface area contributed by atoms with Crippen molar-refractivity contribution in [3.8, 4) is 5.75 Å². The lowest BCUT2D eigenvalue weighted by molar-refractivity contribution is 0.159. The standard InChI is InChI=1S/C14H23NO2/c1-5-13(10-16-3)15-11(2)12-6-8-14(17-4)9-7-12/h6-9,11,13,15H,5,10H2,1-4H3. The Balaban J connectivity index is 2.58. The van der Waals surface area contributed by atoms with Gasteiger partial charge in [0.05, 0.1) is 13.7 Å². The zero-order valence-electron chi connectivity index (χ0n) is 11.2. The van der Waals surface area contributed by atoms with Crippen LogP contribution in [-0.4, -0.2) is 26.9 Å². The summed E-state index contributed by atoms with van der Waals surface area (Å²) in [5.74, 6) is 0.893. The summed E-state index contributed by atoms with van der Waals surface area (Å²) < 4.78 is 10.3. The minimum Gasteiger partial charge on any atom is -0.497 e. The molecule has 1 rings (SSSR count). The Kier molecular flexibility index (Phi) is 6.01. The Bertz CT molecular complexity index is 311. The first-order chi connectivity index (χ1) is 8.21. The predicted octanol–water partition coefficient (Wildman–Crippen LogP) is 2.77. The van der Waals surface area contributed by atoms with E-state index in [4.69, 9.17) is 9.47 Å². The molecule has 0 bridgehead atoms. The van der Waals surface area contributed by atoms with Gasteiger partial charge in [0.15, 0.2) is 0 Å². The molecule has 0 aromatic heterocycles. The molecule has 0 aliphatic carbocycles. The molecule has 2 atom stereocenters. The van der Waals surface area contributed by atoms with Gasteiger partial charge in [-0.15, -0.1) is 0 Å². The Hall–Kier alpha value is -1.06. The third-order valence-corrected chi connectivity index (χ3v) is 2.96. The molecule has 0 saturated heterocycles. The average Bonchev–Trinajstić information content (AvgIpc) is 2.38. The average molecular weight is 237 g/mol. The second kappa shape index (κ2) is 7.30. The Morgan fingerprint density at radius 3 is 2.29 bits per heavy atom. The SMILES string of the molecule is CCC(COC)NC(C)c1ccc(OC)cc1. The number of hydrogen-bond acceptors (Lipinski definition) is 3. The van der Waals surface area contributed by atoms with Crippen molar-refractivity contribution in [2.45, 2.75) is 32.4 Å². The highest BCUT2D eigenvalue weighted by Crippen LogP contribution is 2.18. The summed E-state index contributed by atoms with van der Waals surface area (Å²) in [5.41, 5.74) is 1.26. The van der Waals surface area contributed by atoms with Gasteiger partial charge < -0.3 is 14.8 Å². The van der Waals surface area contributed by atoms with Gasteiger partial charge in [-0.05, 0) is 31.0 Å². The van der Waals surface area contributed by atoms with E-state index in [0.717, 1.165) is 18.8 Å². The first-order valence-corrected chi connectivity index (χ1v) is 6.10. The molecule has 0 radical (unpaired) electrons. The second-order valence-electron chi connectivity index (χ2n) is 4.22. The molecular formula is C14H23NO2. The smallest absolute Gasteiger partial charge is 0.118 e. The van der Waals surface area contributed by atoms with Crippen LogP contribution in [0.25, 0.3) is 0 Å². The first kappa shape index (κ1) is 14.0. The highest BCUT2D eigenvalue weighted by Gasteiger charge is 2.11. The van der Waals surface area contributed by atoms with Gasteiger partial charge in [0.1, 0.15) is 5.75 Å². The topological polar surface area (TPSA) is 30.5 Å². The van der Waals surface area contributed by atoms with E-state index in [-0.39, 0.29) is 0 Å². The van der Waals surface area contributed by atoms with Crippen molar-refractivity contribution in [2.75, 3.05) is 20.8 Å². The maximum atomic E-state index is 5.19. The summed E-state index contributed by atoms with van der Waals surface area (Å²) in [5, 5.41) is 3.56. The molecule has 0 fully saturated rings. The zero-order valence-corrected chi connectivity index (χ0v) is 11.2. The molecule has 3 nitrogen and oxygen atoms in total. The molecule has 2 unspecified atom stereocenters. The zero-order chi connectivity index (χ0) is 12.7. The number of benzene rings is 1. The van der Waals surface area contributed by atoms with E-state index in [1.165, 1.54) is 5.56 Å². The Morgan fingerprint density at radius 2 is 1.82 bits per heavy atom. The molecule has 0 aliphatic heterocycles. The number of ether oxygens (including phenoxy) is 2. The molecule has 0 amide bonds. The van der Waals surface area contributed by atoms with E-state index in [2.05, 4.69) is 31.3 Å². The first-order valence-electron chi connectivity index (χ1n) is 6.10. The van der Waals surface area contributed by atoms with Crippen molar-refractivity contribution in [2.24, 2.45) is 0 Å². The van der Waals surface area contributed by atoms with Crippen LogP contribution in [0.1, 0.15) is 31.9 Å². The fraction of sp³-hybridized carbons (Fsp3) is 0.571. The maximum absolute atomic E-state index is 5.19. The minimum atomic E-state index is 0.320. The van der Waals surface area contributed by atoms with E-state index in [1.54, 1.807) is 14.2 Å². The largest absolute Gasteiger partial charge is 0.497 e. The van der Waals surface area contributed by atoms with Crippen molar-refractivity contribution in [3.05, 3.63) is 29.8 Å². The van der Waals surface area contributed by atoms with Crippen molar-refractivity contribution >= 4 is 0 Å². The fourth-order valence-electron chi connectivity index (χ4n) is 1.83. The molecule has 0 aliphatic rings. The summed E-state index contributed by atoms with van der Waals surface area (Å²) in [6, 6.07) is 8.89. The van der Waals surface area contributed by atoms with Crippen molar-refractivity contribution in [3.63, 3.8) is 0 Å². The third kappa shape index (κ3) is 4.36. The Morgan fingerprint density at radius 1 is 1.18 bits per heavy atom. The van der Waals surface area contributed by atoms with Gasteiger partial charge in [0, 0.05) is 19.2 Å². The van der Waals surface area contributed by atoms with Gasteiger partial charge >= 0.3 is 0 Å². The molecular weight excluding hydrogens is 214 g/mol. The van der Waals surface area contributed by atoms with Crippen LogP contribution < -0.4 is 10.1 Å². The van der Waals surface area contributed by atoms with Crippen LogP contribution in [0.4, 0.5) is 0 Å². The fourth-order valence-corrected chi connectivity index (χ4v) is 1.83. The summed E-state index contributed by atoms with van der Waals surface area (Å²) in [4.78, 5) is 0. The van der Waals surface area contributed by atoms with Gasteiger partial charge in [-0.3, -0.25) is 0 Å². The lowest BCUT2D eigenvalue weighted by Crippen LogP contribution is -2.34. The number of nitrogens with one attached hydrogen (secondary N) is 1. The van der Waals surface area contributed by atoms with Crippen LogP contribution in [0.3, 0.4) is 0 Å². The van der Waals surface area contributed by atoms with Crippen molar-refractivity contribution < 1.29 is 9.47 Å². The summed E-state index contributed by atoms with van der Waals surface area (Å²) in [6.45, 7) is 5.08. The van der Waals surface area contributed by atoms with Gasteiger partial charge in [-0.25, -0.2) is 0 Å². The van der Waals surface area contributed by atoms with Gasteiger partial charge in [0.2, 0.25) is 0 Å². The molecule has 0 spiro atoms. The predicted molar refractivity (Wildman–Crippen MR) is 70.5 cm³/mol. The van der Waals surface area contributed by atoms with E-state index >= 15 is 0 Å². The van der Waals surface area contributed by atoms with Crippen LogP contribution in [0.2, 0.25) is 0 Å². The van der Waals surface area contributed by atoms with E-state index in [0.29, 0.717) is 12.1 Å². The number of hydrogen-bond donors (Lipinski definition) is 1. The number of methoxy groups -OCH3 is 2. The molecule has 3 heteroatoms. The van der Waals surface area contributed by atoms with Crippen LogP contribution in [0.15, 0.2) is 24.3 Å². The van der Waals surface area contributed by atoms with E-state index < -0.39 is 0 Å². The monoisotopic (exact) mass is 237 g/mol. The molecule has 17 heavy (non-hydrogen) atoms. The third-order valence-electron chi connectivity index (χ3n) is 2.96. The summed E-state index contributed by atoms with van der Waals surface area (Å²) in [7, 11) is 3.42. The molecule has 96 valence electrons. The lowest BCUT2D eigenvalue weighted by atomic mass is 10.1. The van der Waals surface area contributed by atoms with Gasteiger partial charge in [0.25, 0.3) is 0 Å². The molecule has 1 aromatic carbocycles. The number of rotatable bonds is 7. The molecule has 0 heterocycles. The molecule has 0 saturated carbocycles.